The summed E-state index contributed by atoms with van der Waals surface area (Å²) in [5, 5.41) is 3.30. The molecule has 0 unspecified atom stereocenters. The topological polar surface area (TPSA) is 59.3 Å². The lowest BCUT2D eigenvalue weighted by Gasteiger charge is -2.22. The van der Waals surface area contributed by atoms with Crippen molar-refractivity contribution in [3.05, 3.63) is 24.2 Å². The number of rotatable bonds is 3. The molecule has 0 spiro atoms. The molecule has 4 nitrogen and oxygen atoms in total. The van der Waals surface area contributed by atoms with Crippen LogP contribution in [0.3, 0.4) is 0 Å². The van der Waals surface area contributed by atoms with Gasteiger partial charge in [-0.3, -0.25) is 0 Å². The summed E-state index contributed by atoms with van der Waals surface area (Å²) in [7, 11) is -2.75. The normalized spacial score (nSPS) is 21.6. The smallest absolute Gasteiger partial charge is 0.150 e. The summed E-state index contributed by atoms with van der Waals surface area (Å²) < 4.78 is 27.6. The van der Waals surface area contributed by atoms with Crippen molar-refractivity contribution >= 4 is 9.84 Å². The van der Waals surface area contributed by atoms with Gasteiger partial charge in [-0.2, -0.15) is 0 Å². The summed E-state index contributed by atoms with van der Waals surface area (Å²) in [5.74, 6) is 1.51. The minimum Gasteiger partial charge on any atom is -0.468 e. The van der Waals surface area contributed by atoms with E-state index in [9.17, 15) is 8.42 Å². The van der Waals surface area contributed by atoms with Crippen LogP contribution in [-0.4, -0.2) is 26.0 Å². The fourth-order valence-corrected chi connectivity index (χ4v) is 3.24. The van der Waals surface area contributed by atoms with Gasteiger partial charge in [0, 0.05) is 6.04 Å². The largest absolute Gasteiger partial charge is 0.468 e. The molecule has 0 saturated carbocycles. The second kappa shape index (κ2) is 4.37. The van der Waals surface area contributed by atoms with Gasteiger partial charge in [0.05, 0.1) is 24.3 Å². The quantitative estimate of drug-likeness (QED) is 0.838. The Bertz CT molecular complexity index is 382. The lowest BCUT2D eigenvalue weighted by Crippen LogP contribution is -2.37. The average Bonchev–Trinajstić information content (AvgIpc) is 2.69. The highest BCUT2D eigenvalue weighted by molar-refractivity contribution is 7.91. The Morgan fingerprint density at radius 1 is 1.40 bits per heavy atom. The average molecular weight is 229 g/mol. The van der Waals surface area contributed by atoms with E-state index < -0.39 is 9.84 Å². The molecule has 2 heterocycles. The molecular weight excluding hydrogens is 214 g/mol. The molecule has 15 heavy (non-hydrogen) atoms. The van der Waals surface area contributed by atoms with E-state index in [0.717, 1.165) is 5.76 Å². The van der Waals surface area contributed by atoms with Crippen LogP contribution in [0.25, 0.3) is 0 Å². The lowest BCUT2D eigenvalue weighted by molar-refractivity contribution is 0.421. The number of hydrogen-bond donors (Lipinski definition) is 1. The number of hydrogen-bond acceptors (Lipinski definition) is 4. The van der Waals surface area contributed by atoms with Crippen LogP contribution in [0.5, 0.6) is 0 Å². The van der Waals surface area contributed by atoms with Crippen molar-refractivity contribution in [3.8, 4) is 0 Å². The van der Waals surface area contributed by atoms with E-state index in [4.69, 9.17) is 4.42 Å². The zero-order chi connectivity index (χ0) is 10.7. The van der Waals surface area contributed by atoms with Crippen LogP contribution in [0.1, 0.15) is 18.6 Å². The lowest BCUT2D eigenvalue weighted by atomic mass is 10.1. The van der Waals surface area contributed by atoms with Crippen LogP contribution in [-0.2, 0) is 16.4 Å². The van der Waals surface area contributed by atoms with Gasteiger partial charge in [-0.05, 0) is 25.0 Å². The highest BCUT2D eigenvalue weighted by Gasteiger charge is 2.22. The van der Waals surface area contributed by atoms with E-state index in [0.29, 0.717) is 36.9 Å². The van der Waals surface area contributed by atoms with E-state index in [1.165, 1.54) is 0 Å². The van der Waals surface area contributed by atoms with Gasteiger partial charge in [0.2, 0.25) is 0 Å². The Hall–Kier alpha value is -0.810. The summed E-state index contributed by atoms with van der Waals surface area (Å²) in [6.45, 7) is 0.678. The molecule has 1 aliphatic rings. The Morgan fingerprint density at radius 3 is 2.73 bits per heavy atom. The van der Waals surface area contributed by atoms with E-state index in [1.54, 1.807) is 6.26 Å². The first-order valence-electron chi connectivity index (χ1n) is 5.12. The standard InChI is InChI=1S/C10H15NO3S/c12-15(13)6-3-9(4-7-15)11-8-10-2-1-5-14-10/h1-2,5,9,11H,3-4,6-8H2. The van der Waals surface area contributed by atoms with E-state index in [2.05, 4.69) is 5.32 Å². The Kier molecular flexibility index (Phi) is 3.11. The number of furan rings is 1. The molecule has 0 aliphatic carbocycles. The summed E-state index contributed by atoms with van der Waals surface area (Å²) in [6, 6.07) is 4.06. The molecule has 5 heteroatoms. The summed E-state index contributed by atoms with van der Waals surface area (Å²) in [6.07, 6.45) is 3.06. The SMILES string of the molecule is O=S1(=O)CCC(NCc2ccco2)CC1. The molecule has 2 rings (SSSR count). The molecule has 1 aliphatic heterocycles. The minimum atomic E-state index is -2.75. The molecule has 0 amide bonds. The van der Waals surface area contributed by atoms with Crippen LogP contribution in [0, 0.1) is 0 Å². The Morgan fingerprint density at radius 2 is 2.13 bits per heavy atom. The van der Waals surface area contributed by atoms with Crippen LogP contribution in [0.2, 0.25) is 0 Å². The monoisotopic (exact) mass is 229 g/mol. The second-order valence-corrected chi connectivity index (χ2v) is 6.19. The van der Waals surface area contributed by atoms with Gasteiger partial charge < -0.3 is 9.73 Å². The fourth-order valence-electron chi connectivity index (χ4n) is 1.75. The summed E-state index contributed by atoms with van der Waals surface area (Å²) in [5.41, 5.74) is 0. The maximum Gasteiger partial charge on any atom is 0.150 e. The highest BCUT2D eigenvalue weighted by Crippen LogP contribution is 2.12. The highest BCUT2D eigenvalue weighted by atomic mass is 32.2. The van der Waals surface area contributed by atoms with E-state index in [1.807, 2.05) is 12.1 Å². The zero-order valence-electron chi connectivity index (χ0n) is 8.48. The predicted molar refractivity (Wildman–Crippen MR) is 57.2 cm³/mol. The first-order chi connectivity index (χ1) is 7.16. The van der Waals surface area contributed by atoms with Gasteiger partial charge in [-0.1, -0.05) is 0 Å². The van der Waals surface area contributed by atoms with Crippen LogP contribution >= 0.6 is 0 Å². The molecule has 1 aromatic rings. The van der Waals surface area contributed by atoms with Gasteiger partial charge in [0.1, 0.15) is 15.6 Å². The molecule has 1 N–H and O–H groups in total. The molecule has 0 atom stereocenters. The molecule has 0 radical (unpaired) electrons. The molecule has 1 fully saturated rings. The molecule has 1 saturated heterocycles. The molecule has 0 bridgehead atoms. The van der Waals surface area contributed by atoms with Crippen molar-refractivity contribution < 1.29 is 12.8 Å². The third-order valence-corrected chi connectivity index (χ3v) is 4.42. The van der Waals surface area contributed by atoms with Crippen molar-refractivity contribution in [3.63, 3.8) is 0 Å². The van der Waals surface area contributed by atoms with Gasteiger partial charge in [0.25, 0.3) is 0 Å². The molecule has 0 aromatic carbocycles. The van der Waals surface area contributed by atoms with Gasteiger partial charge >= 0.3 is 0 Å². The van der Waals surface area contributed by atoms with Crippen LogP contribution < -0.4 is 5.32 Å². The van der Waals surface area contributed by atoms with Gasteiger partial charge in [-0.25, -0.2) is 8.42 Å². The number of nitrogens with one attached hydrogen (secondary N) is 1. The maximum atomic E-state index is 11.2. The molecule has 1 aromatic heterocycles. The van der Waals surface area contributed by atoms with Crippen molar-refractivity contribution in [2.45, 2.75) is 25.4 Å². The third-order valence-electron chi connectivity index (χ3n) is 2.70. The van der Waals surface area contributed by atoms with Gasteiger partial charge in [0.15, 0.2) is 0 Å². The zero-order valence-corrected chi connectivity index (χ0v) is 9.29. The minimum absolute atomic E-state index is 0.304. The van der Waals surface area contributed by atoms with Crippen LogP contribution in [0.4, 0.5) is 0 Å². The number of sulfone groups is 1. The fraction of sp³-hybridized carbons (Fsp3) is 0.600. The summed E-state index contributed by atoms with van der Waals surface area (Å²) >= 11 is 0. The van der Waals surface area contributed by atoms with Crippen molar-refractivity contribution in [1.29, 1.82) is 0 Å². The Labute approximate surface area is 89.6 Å². The van der Waals surface area contributed by atoms with Crippen molar-refractivity contribution in [2.24, 2.45) is 0 Å². The van der Waals surface area contributed by atoms with Crippen molar-refractivity contribution in [2.75, 3.05) is 11.5 Å². The third kappa shape index (κ3) is 3.07. The second-order valence-electron chi connectivity index (χ2n) is 3.89. The van der Waals surface area contributed by atoms with Crippen molar-refractivity contribution in [1.82, 2.24) is 5.32 Å². The molecule has 84 valence electrons. The predicted octanol–water partition coefficient (Wildman–Crippen LogP) is 0.946. The first kappa shape index (κ1) is 10.7. The Balaban J connectivity index is 1.78. The van der Waals surface area contributed by atoms with Crippen LogP contribution in [0.15, 0.2) is 22.8 Å². The summed E-state index contributed by atoms with van der Waals surface area (Å²) in [4.78, 5) is 0. The molecular formula is C10H15NO3S. The van der Waals surface area contributed by atoms with E-state index in [-0.39, 0.29) is 0 Å². The van der Waals surface area contributed by atoms with Gasteiger partial charge in [-0.15, -0.1) is 0 Å². The van der Waals surface area contributed by atoms with E-state index >= 15 is 0 Å². The first-order valence-corrected chi connectivity index (χ1v) is 6.94. The maximum absolute atomic E-state index is 11.2.